The summed E-state index contributed by atoms with van der Waals surface area (Å²) in [5.74, 6) is 1.39. The zero-order valence-electron chi connectivity index (χ0n) is 14.9. The quantitative estimate of drug-likeness (QED) is 0.274. The van der Waals surface area contributed by atoms with Crippen LogP contribution in [0.25, 0.3) is 0 Å². The first-order valence-electron chi connectivity index (χ1n) is 7.91. The van der Waals surface area contributed by atoms with Gasteiger partial charge in [0.25, 0.3) is 5.91 Å². The van der Waals surface area contributed by atoms with Crippen LogP contribution in [0.3, 0.4) is 0 Å². The molecule has 0 unspecified atom stereocenters. The van der Waals surface area contributed by atoms with E-state index < -0.39 is 5.24 Å². The molecule has 27 heavy (non-hydrogen) atoms. The molecule has 2 aromatic carbocycles. The first kappa shape index (κ1) is 20.4. The molecule has 9 heteroatoms. The Morgan fingerprint density at radius 2 is 1.63 bits per heavy atom. The minimum absolute atomic E-state index is 0.266. The van der Waals surface area contributed by atoms with Gasteiger partial charge in [-0.15, -0.1) is 0 Å². The SMILES string of the molecule is COc1cc(OC)cc(C(=O)NCCOc2ccc(SC(=O)NO)cc2)c1. The van der Waals surface area contributed by atoms with E-state index in [1.165, 1.54) is 14.2 Å². The van der Waals surface area contributed by atoms with Crippen molar-refractivity contribution < 1.29 is 29.0 Å². The Bertz CT molecular complexity index is 760. The average molecular weight is 392 g/mol. The van der Waals surface area contributed by atoms with Gasteiger partial charge in [0.1, 0.15) is 23.9 Å². The van der Waals surface area contributed by atoms with E-state index in [0.29, 0.717) is 34.3 Å². The third-order valence-corrected chi connectivity index (χ3v) is 4.18. The molecule has 0 atom stereocenters. The number of methoxy groups -OCH3 is 2. The Hall–Kier alpha value is -2.91. The van der Waals surface area contributed by atoms with Crippen molar-refractivity contribution in [2.75, 3.05) is 27.4 Å². The van der Waals surface area contributed by atoms with E-state index in [9.17, 15) is 9.59 Å². The summed E-state index contributed by atoms with van der Waals surface area (Å²) in [7, 11) is 3.04. The minimum Gasteiger partial charge on any atom is -0.497 e. The lowest BCUT2D eigenvalue weighted by atomic mass is 10.2. The summed E-state index contributed by atoms with van der Waals surface area (Å²) in [4.78, 5) is 23.9. The molecule has 0 aliphatic heterocycles. The second-order valence-electron chi connectivity index (χ2n) is 5.18. The van der Waals surface area contributed by atoms with Crippen molar-refractivity contribution in [1.29, 1.82) is 0 Å². The lowest BCUT2D eigenvalue weighted by molar-refractivity contribution is 0.0946. The molecule has 0 aromatic heterocycles. The van der Waals surface area contributed by atoms with Crippen LogP contribution in [0.15, 0.2) is 47.4 Å². The van der Waals surface area contributed by atoms with Crippen molar-refractivity contribution in [3.05, 3.63) is 48.0 Å². The van der Waals surface area contributed by atoms with Gasteiger partial charge in [-0.05, 0) is 48.2 Å². The summed E-state index contributed by atoms with van der Waals surface area (Å²) < 4.78 is 15.8. The summed E-state index contributed by atoms with van der Waals surface area (Å²) >= 11 is 0.855. The van der Waals surface area contributed by atoms with E-state index in [-0.39, 0.29) is 12.5 Å². The normalized spacial score (nSPS) is 10.0. The van der Waals surface area contributed by atoms with Crippen LogP contribution in [-0.4, -0.2) is 43.7 Å². The fourth-order valence-electron chi connectivity index (χ4n) is 2.11. The Balaban J connectivity index is 1.81. The van der Waals surface area contributed by atoms with Crippen LogP contribution < -0.4 is 25.0 Å². The molecule has 0 aliphatic carbocycles. The minimum atomic E-state index is -0.569. The first-order valence-corrected chi connectivity index (χ1v) is 8.73. The lowest BCUT2D eigenvalue weighted by Crippen LogP contribution is -2.28. The van der Waals surface area contributed by atoms with E-state index in [1.54, 1.807) is 47.9 Å². The number of thioether (sulfide) groups is 1. The molecule has 0 saturated carbocycles. The van der Waals surface area contributed by atoms with Gasteiger partial charge in [0.05, 0.1) is 20.8 Å². The molecular formula is C18H20N2O6S. The standard InChI is InChI=1S/C18H20N2O6S/c1-24-14-9-12(10-15(11-14)25-2)17(21)19-7-8-26-13-3-5-16(6-4-13)27-18(22)20-23/h3-6,9-11,23H,7-8H2,1-2H3,(H,19,21)(H,20,22). The van der Waals surface area contributed by atoms with Crippen LogP contribution in [-0.2, 0) is 0 Å². The van der Waals surface area contributed by atoms with Crippen LogP contribution in [0.1, 0.15) is 10.4 Å². The molecule has 0 fully saturated rings. The fraction of sp³-hybridized carbons (Fsp3) is 0.222. The molecular weight excluding hydrogens is 372 g/mol. The highest BCUT2D eigenvalue weighted by Gasteiger charge is 2.09. The van der Waals surface area contributed by atoms with E-state index in [4.69, 9.17) is 19.4 Å². The molecule has 0 radical (unpaired) electrons. The third-order valence-electron chi connectivity index (χ3n) is 3.40. The fourth-order valence-corrected chi connectivity index (χ4v) is 2.64. The number of hydroxylamine groups is 1. The second-order valence-corrected chi connectivity index (χ2v) is 6.22. The van der Waals surface area contributed by atoms with E-state index in [0.717, 1.165) is 11.8 Å². The second kappa shape index (κ2) is 10.3. The van der Waals surface area contributed by atoms with Gasteiger partial charge in [0, 0.05) is 16.5 Å². The van der Waals surface area contributed by atoms with Crippen LogP contribution in [0.4, 0.5) is 4.79 Å². The highest BCUT2D eigenvalue weighted by molar-refractivity contribution is 8.13. The molecule has 0 heterocycles. The Morgan fingerprint density at radius 1 is 1.00 bits per heavy atom. The molecule has 0 bridgehead atoms. The van der Waals surface area contributed by atoms with E-state index >= 15 is 0 Å². The zero-order valence-corrected chi connectivity index (χ0v) is 15.7. The summed E-state index contributed by atoms with van der Waals surface area (Å²) in [5.41, 5.74) is 1.97. The largest absolute Gasteiger partial charge is 0.497 e. The Morgan fingerprint density at radius 3 is 2.19 bits per heavy atom. The Labute approximate surface area is 160 Å². The molecule has 3 N–H and O–H groups in total. The van der Waals surface area contributed by atoms with Crippen molar-refractivity contribution in [1.82, 2.24) is 10.8 Å². The average Bonchev–Trinajstić information content (AvgIpc) is 2.71. The van der Waals surface area contributed by atoms with Gasteiger partial charge >= 0.3 is 5.24 Å². The van der Waals surface area contributed by atoms with E-state index in [2.05, 4.69) is 5.32 Å². The highest BCUT2D eigenvalue weighted by atomic mass is 32.2. The smallest absolute Gasteiger partial charge is 0.307 e. The molecule has 8 nitrogen and oxygen atoms in total. The maximum atomic E-state index is 12.2. The summed E-state index contributed by atoms with van der Waals surface area (Å²) in [6.07, 6.45) is 0. The number of hydrogen-bond acceptors (Lipinski definition) is 7. The van der Waals surface area contributed by atoms with Crippen LogP contribution in [0, 0.1) is 0 Å². The van der Waals surface area contributed by atoms with Crippen molar-refractivity contribution >= 4 is 22.9 Å². The summed E-state index contributed by atoms with van der Waals surface area (Å²) in [6.45, 7) is 0.582. The van der Waals surface area contributed by atoms with Crippen molar-refractivity contribution in [2.45, 2.75) is 4.90 Å². The topological polar surface area (TPSA) is 106 Å². The van der Waals surface area contributed by atoms with Crippen LogP contribution in [0.2, 0.25) is 0 Å². The first-order chi connectivity index (χ1) is 13.0. The number of carbonyl (C=O) groups is 2. The molecule has 0 spiro atoms. The van der Waals surface area contributed by atoms with Gasteiger partial charge in [-0.3, -0.25) is 14.8 Å². The van der Waals surface area contributed by atoms with Crippen molar-refractivity contribution in [3.63, 3.8) is 0 Å². The number of carbonyl (C=O) groups excluding carboxylic acids is 2. The van der Waals surface area contributed by atoms with E-state index in [1.807, 2.05) is 0 Å². The number of nitrogens with one attached hydrogen (secondary N) is 2. The number of ether oxygens (including phenoxy) is 3. The molecule has 0 saturated heterocycles. The number of amides is 2. The van der Waals surface area contributed by atoms with Gasteiger partial charge in [0.2, 0.25) is 0 Å². The molecule has 2 rings (SSSR count). The molecule has 144 valence electrons. The predicted molar refractivity (Wildman–Crippen MR) is 100.0 cm³/mol. The van der Waals surface area contributed by atoms with Crippen LogP contribution in [0.5, 0.6) is 17.2 Å². The highest BCUT2D eigenvalue weighted by Crippen LogP contribution is 2.23. The molecule has 2 aromatic rings. The summed E-state index contributed by atoms with van der Waals surface area (Å²) in [6, 6.07) is 11.7. The van der Waals surface area contributed by atoms with Crippen molar-refractivity contribution in [2.24, 2.45) is 0 Å². The number of hydrogen-bond donors (Lipinski definition) is 3. The maximum absolute atomic E-state index is 12.2. The maximum Gasteiger partial charge on any atom is 0.307 e. The van der Waals surface area contributed by atoms with Gasteiger partial charge in [-0.2, -0.15) is 0 Å². The predicted octanol–water partition coefficient (Wildman–Crippen LogP) is 2.70. The lowest BCUT2D eigenvalue weighted by Gasteiger charge is -2.10. The molecule has 2 amide bonds. The zero-order chi connectivity index (χ0) is 19.6. The van der Waals surface area contributed by atoms with Gasteiger partial charge < -0.3 is 19.5 Å². The van der Waals surface area contributed by atoms with Gasteiger partial charge in [-0.25, -0.2) is 5.48 Å². The Kier molecular flexibility index (Phi) is 7.78. The summed E-state index contributed by atoms with van der Waals surface area (Å²) in [5, 5.41) is 10.7. The number of benzene rings is 2. The monoisotopic (exact) mass is 392 g/mol. The van der Waals surface area contributed by atoms with Gasteiger partial charge in [-0.1, -0.05) is 0 Å². The van der Waals surface area contributed by atoms with Gasteiger partial charge in [0.15, 0.2) is 0 Å². The van der Waals surface area contributed by atoms with Crippen molar-refractivity contribution in [3.8, 4) is 17.2 Å². The third kappa shape index (κ3) is 6.39. The van der Waals surface area contributed by atoms with Crippen LogP contribution >= 0.6 is 11.8 Å². The molecule has 0 aliphatic rings. The number of rotatable bonds is 8.